The van der Waals surface area contributed by atoms with E-state index >= 15 is 0 Å². The van der Waals surface area contributed by atoms with E-state index in [0.29, 0.717) is 11.3 Å². The number of fused-ring (bicyclic) bond motifs is 1. The highest BCUT2D eigenvalue weighted by Gasteiger charge is 2.15. The fourth-order valence-corrected chi connectivity index (χ4v) is 1.98. The second-order valence-electron chi connectivity index (χ2n) is 5.50. The van der Waals surface area contributed by atoms with E-state index in [4.69, 9.17) is 4.74 Å². The van der Waals surface area contributed by atoms with Gasteiger partial charge in [0.2, 0.25) is 0 Å². The number of aromatic nitrogens is 1. The molecule has 2 aromatic rings. The van der Waals surface area contributed by atoms with Gasteiger partial charge in [0.15, 0.2) is 5.75 Å². The Bertz CT molecular complexity index is 653. The molecule has 21 heavy (non-hydrogen) atoms. The van der Waals surface area contributed by atoms with Crippen molar-refractivity contribution in [2.45, 2.75) is 13.0 Å². The fourth-order valence-electron chi connectivity index (χ4n) is 1.98. The SMILES string of the molecule is CC(c1cc(OC(=O)N(C)C)c2ncccc2c1)N(C)C. The van der Waals surface area contributed by atoms with E-state index in [1.165, 1.54) is 4.90 Å². The molecule has 5 heteroatoms. The zero-order valence-corrected chi connectivity index (χ0v) is 13.1. The Kier molecular flexibility index (Phi) is 4.43. The van der Waals surface area contributed by atoms with Gasteiger partial charge < -0.3 is 14.5 Å². The third-order valence-electron chi connectivity index (χ3n) is 3.51. The number of ether oxygens (including phenoxy) is 1. The van der Waals surface area contributed by atoms with Crippen LogP contribution in [0.5, 0.6) is 5.75 Å². The van der Waals surface area contributed by atoms with Gasteiger partial charge in [-0.05, 0) is 44.8 Å². The van der Waals surface area contributed by atoms with Crippen LogP contribution in [0.1, 0.15) is 18.5 Å². The van der Waals surface area contributed by atoms with Gasteiger partial charge in [0, 0.05) is 31.7 Å². The van der Waals surface area contributed by atoms with Crippen LogP contribution in [-0.2, 0) is 0 Å². The van der Waals surface area contributed by atoms with Crippen LogP contribution in [0.25, 0.3) is 10.9 Å². The van der Waals surface area contributed by atoms with Gasteiger partial charge in [0.1, 0.15) is 5.52 Å². The molecule has 112 valence electrons. The summed E-state index contributed by atoms with van der Waals surface area (Å²) in [5, 5.41) is 0.963. The predicted octanol–water partition coefficient (Wildman–Crippen LogP) is 2.92. The average molecular weight is 287 g/mol. The first kappa shape index (κ1) is 15.3. The molecule has 0 radical (unpaired) electrons. The number of rotatable bonds is 3. The lowest BCUT2D eigenvalue weighted by Gasteiger charge is -2.21. The molecule has 0 bridgehead atoms. The monoisotopic (exact) mass is 287 g/mol. The van der Waals surface area contributed by atoms with E-state index in [0.717, 1.165) is 10.9 Å². The first-order valence-electron chi connectivity index (χ1n) is 6.84. The van der Waals surface area contributed by atoms with Crippen molar-refractivity contribution in [1.82, 2.24) is 14.8 Å². The van der Waals surface area contributed by atoms with E-state index in [9.17, 15) is 4.79 Å². The Labute approximate surface area is 125 Å². The molecule has 1 atom stereocenters. The molecule has 5 nitrogen and oxygen atoms in total. The Balaban J connectivity index is 2.53. The first-order chi connectivity index (χ1) is 9.90. The number of carbonyl (C=O) groups excluding carboxylic acids is 1. The minimum atomic E-state index is -0.406. The number of pyridine rings is 1. The highest BCUT2D eigenvalue weighted by atomic mass is 16.6. The lowest BCUT2D eigenvalue weighted by atomic mass is 10.0. The van der Waals surface area contributed by atoms with Crippen LogP contribution in [0.2, 0.25) is 0 Å². The number of hydrogen-bond acceptors (Lipinski definition) is 4. The van der Waals surface area contributed by atoms with Crippen LogP contribution in [0.15, 0.2) is 30.5 Å². The zero-order valence-electron chi connectivity index (χ0n) is 13.1. The summed E-state index contributed by atoms with van der Waals surface area (Å²) in [6.45, 7) is 2.11. The molecule has 1 aromatic heterocycles. The van der Waals surface area contributed by atoms with E-state index in [-0.39, 0.29) is 6.04 Å². The molecule has 1 amide bonds. The molecule has 1 aromatic carbocycles. The maximum Gasteiger partial charge on any atom is 0.414 e. The number of nitrogens with zero attached hydrogens (tertiary/aromatic N) is 3. The first-order valence-corrected chi connectivity index (χ1v) is 6.84. The molecule has 0 aliphatic heterocycles. The van der Waals surface area contributed by atoms with Gasteiger partial charge in [-0.3, -0.25) is 4.98 Å². The molecule has 0 aliphatic rings. The summed E-state index contributed by atoms with van der Waals surface area (Å²) in [5.41, 5.74) is 1.78. The van der Waals surface area contributed by atoms with Gasteiger partial charge in [-0.25, -0.2) is 4.79 Å². The third-order valence-corrected chi connectivity index (χ3v) is 3.51. The lowest BCUT2D eigenvalue weighted by Crippen LogP contribution is -2.25. The van der Waals surface area contributed by atoms with E-state index in [1.54, 1.807) is 20.3 Å². The minimum absolute atomic E-state index is 0.214. The fraction of sp³-hybridized carbons (Fsp3) is 0.375. The van der Waals surface area contributed by atoms with E-state index in [1.807, 2.05) is 32.3 Å². The van der Waals surface area contributed by atoms with Crippen molar-refractivity contribution in [3.8, 4) is 5.75 Å². The summed E-state index contributed by atoms with van der Waals surface area (Å²) < 4.78 is 5.47. The highest BCUT2D eigenvalue weighted by Crippen LogP contribution is 2.30. The quantitative estimate of drug-likeness (QED) is 0.870. The maximum absolute atomic E-state index is 11.8. The van der Waals surface area contributed by atoms with Crippen LogP contribution < -0.4 is 4.74 Å². The summed E-state index contributed by atoms with van der Waals surface area (Å²) in [6.07, 6.45) is 1.29. The van der Waals surface area contributed by atoms with Gasteiger partial charge in [0.25, 0.3) is 0 Å². The Morgan fingerprint density at radius 2 is 1.95 bits per heavy atom. The van der Waals surface area contributed by atoms with Gasteiger partial charge in [0.05, 0.1) is 0 Å². The standard InChI is InChI=1S/C16H21N3O2/c1-11(18(2)3)13-9-12-7-6-8-17-15(12)14(10-13)21-16(20)19(4)5/h6-11H,1-5H3. The predicted molar refractivity (Wildman–Crippen MR) is 83.6 cm³/mol. The molecule has 1 heterocycles. The average Bonchev–Trinajstić information content (AvgIpc) is 2.45. The molecule has 0 fully saturated rings. The molecule has 0 aliphatic carbocycles. The van der Waals surface area contributed by atoms with Crippen LogP contribution in [0, 0.1) is 0 Å². The van der Waals surface area contributed by atoms with E-state index < -0.39 is 6.09 Å². The molecule has 0 N–H and O–H groups in total. The summed E-state index contributed by atoms with van der Waals surface area (Å²) in [7, 11) is 7.35. The van der Waals surface area contributed by atoms with Gasteiger partial charge in [-0.1, -0.05) is 6.07 Å². The van der Waals surface area contributed by atoms with Crippen molar-refractivity contribution in [2.24, 2.45) is 0 Å². The maximum atomic E-state index is 11.8. The Morgan fingerprint density at radius 1 is 1.24 bits per heavy atom. The van der Waals surface area contributed by atoms with E-state index in [2.05, 4.69) is 22.9 Å². The van der Waals surface area contributed by atoms with Crippen molar-refractivity contribution in [3.63, 3.8) is 0 Å². The van der Waals surface area contributed by atoms with Crippen molar-refractivity contribution in [1.29, 1.82) is 0 Å². The third kappa shape index (κ3) is 3.31. The zero-order chi connectivity index (χ0) is 15.6. The summed E-state index contributed by atoms with van der Waals surface area (Å²) in [6, 6.07) is 8.04. The molecular weight excluding hydrogens is 266 g/mol. The molecule has 2 rings (SSSR count). The molecule has 1 unspecified atom stereocenters. The molecule has 0 spiro atoms. The van der Waals surface area contributed by atoms with Crippen molar-refractivity contribution in [2.75, 3.05) is 28.2 Å². The minimum Gasteiger partial charge on any atom is -0.408 e. The number of hydrogen-bond donors (Lipinski definition) is 0. The van der Waals surface area contributed by atoms with Crippen LogP contribution in [0.3, 0.4) is 0 Å². The number of carbonyl (C=O) groups is 1. The number of amides is 1. The summed E-state index contributed by atoms with van der Waals surface area (Å²) in [5.74, 6) is 0.496. The van der Waals surface area contributed by atoms with Crippen LogP contribution in [-0.4, -0.2) is 49.1 Å². The summed E-state index contributed by atoms with van der Waals surface area (Å²) in [4.78, 5) is 19.7. The van der Waals surface area contributed by atoms with Crippen LogP contribution in [0.4, 0.5) is 4.79 Å². The second-order valence-corrected chi connectivity index (χ2v) is 5.50. The van der Waals surface area contributed by atoms with Crippen LogP contribution >= 0.6 is 0 Å². The second kappa shape index (κ2) is 6.10. The highest BCUT2D eigenvalue weighted by molar-refractivity contribution is 5.87. The van der Waals surface area contributed by atoms with Crippen molar-refractivity contribution >= 4 is 17.0 Å². The van der Waals surface area contributed by atoms with Gasteiger partial charge in [-0.2, -0.15) is 0 Å². The number of benzene rings is 1. The molecule has 0 saturated heterocycles. The van der Waals surface area contributed by atoms with Gasteiger partial charge >= 0.3 is 6.09 Å². The molecule has 0 saturated carbocycles. The molecular formula is C16H21N3O2. The Hall–Kier alpha value is -2.14. The largest absolute Gasteiger partial charge is 0.414 e. The smallest absolute Gasteiger partial charge is 0.408 e. The Morgan fingerprint density at radius 3 is 2.57 bits per heavy atom. The topological polar surface area (TPSA) is 45.7 Å². The normalized spacial score (nSPS) is 12.5. The summed E-state index contributed by atoms with van der Waals surface area (Å²) >= 11 is 0. The van der Waals surface area contributed by atoms with Gasteiger partial charge in [-0.15, -0.1) is 0 Å². The van der Waals surface area contributed by atoms with Crippen molar-refractivity contribution in [3.05, 3.63) is 36.0 Å². The van der Waals surface area contributed by atoms with Crippen molar-refractivity contribution < 1.29 is 9.53 Å². The lowest BCUT2D eigenvalue weighted by molar-refractivity contribution is 0.172.